The van der Waals surface area contributed by atoms with E-state index in [-0.39, 0.29) is 23.6 Å². The van der Waals surface area contributed by atoms with Crippen molar-refractivity contribution in [3.05, 3.63) is 36.0 Å². The number of aliphatic hydroxyl groups is 1. The Morgan fingerprint density at radius 1 is 1.14 bits per heavy atom. The van der Waals surface area contributed by atoms with Gasteiger partial charge in [-0.1, -0.05) is 6.07 Å². The second kappa shape index (κ2) is 8.30. The van der Waals surface area contributed by atoms with E-state index in [0.717, 1.165) is 12.1 Å². The summed E-state index contributed by atoms with van der Waals surface area (Å²) in [6.45, 7) is 4.59. The van der Waals surface area contributed by atoms with Gasteiger partial charge in [-0.25, -0.2) is 13.1 Å². The number of aromatic nitrogens is 4. The Bertz CT molecular complexity index is 1400. The van der Waals surface area contributed by atoms with Crippen LogP contribution in [0.15, 0.2) is 30.5 Å². The minimum atomic E-state index is -4.50. The predicted molar refractivity (Wildman–Crippen MR) is 129 cm³/mol. The van der Waals surface area contributed by atoms with E-state index < -0.39 is 32.4 Å². The van der Waals surface area contributed by atoms with E-state index in [4.69, 9.17) is 0 Å². The number of nitrogens with zero attached hydrogens (tertiary/aromatic N) is 5. The van der Waals surface area contributed by atoms with E-state index in [1.54, 1.807) is 13.8 Å². The molecule has 1 saturated carbocycles. The summed E-state index contributed by atoms with van der Waals surface area (Å²) in [5, 5.41) is 18.0. The third kappa shape index (κ3) is 4.61. The fraction of sp³-hybridized carbons (Fsp3) is 0.522. The summed E-state index contributed by atoms with van der Waals surface area (Å²) in [4.78, 5) is 11.2. The zero-order valence-corrected chi connectivity index (χ0v) is 20.8. The van der Waals surface area contributed by atoms with Crippen molar-refractivity contribution in [3.63, 3.8) is 0 Å². The average Bonchev–Trinajstić information content (AvgIpc) is 3.11. The molecule has 0 unspecified atom stereocenters. The molecule has 1 aliphatic heterocycles. The molecule has 3 aromatic rings. The number of alkyl halides is 3. The lowest BCUT2D eigenvalue weighted by molar-refractivity contribution is -0.137. The number of fused-ring (bicyclic) bond motifs is 1. The van der Waals surface area contributed by atoms with Crippen LogP contribution in [0.1, 0.15) is 32.3 Å². The standard InChI is InChI=1S/C23H27F3N6O3S/c1-22(2,33)14-11-31(12-14)19-18-10-27-32(16-6-4-5-13(7-16)23(24,25)26)20(18)30-21(29-19)28-15-8-17(9-15)36(3,34)35/h4-7,10,14-15,17,33H,8-9,11-12H2,1-3H3,(H,28,29,30). The number of benzene rings is 1. The van der Waals surface area contributed by atoms with Gasteiger partial charge < -0.3 is 15.3 Å². The Morgan fingerprint density at radius 3 is 2.44 bits per heavy atom. The molecule has 0 amide bonds. The number of hydrogen-bond donors (Lipinski definition) is 2. The van der Waals surface area contributed by atoms with Crippen LogP contribution in [0.25, 0.3) is 16.7 Å². The normalized spacial score (nSPS) is 21.4. The zero-order valence-electron chi connectivity index (χ0n) is 20.0. The zero-order chi connectivity index (χ0) is 26.0. The van der Waals surface area contributed by atoms with Gasteiger partial charge in [0.2, 0.25) is 5.95 Å². The van der Waals surface area contributed by atoms with Crippen molar-refractivity contribution < 1.29 is 26.7 Å². The Hall–Kier alpha value is -2.93. The summed E-state index contributed by atoms with van der Waals surface area (Å²) in [6, 6.07) is 4.70. The molecule has 2 N–H and O–H groups in total. The lowest BCUT2D eigenvalue weighted by Crippen LogP contribution is -2.56. The fourth-order valence-corrected chi connectivity index (χ4v) is 5.68. The van der Waals surface area contributed by atoms with Crippen LogP contribution in [0.2, 0.25) is 0 Å². The maximum atomic E-state index is 13.3. The van der Waals surface area contributed by atoms with E-state index in [1.165, 1.54) is 29.3 Å². The monoisotopic (exact) mass is 524 g/mol. The van der Waals surface area contributed by atoms with E-state index in [1.807, 2.05) is 4.90 Å². The SMILES string of the molecule is CC(C)(O)C1CN(c2nc(NC3CC(S(C)(=O)=O)C3)nc3c2cnn3-c2cccc(C(F)(F)F)c2)C1. The highest BCUT2D eigenvalue weighted by Crippen LogP contribution is 2.37. The Labute approximate surface area is 206 Å². The van der Waals surface area contributed by atoms with Crippen LogP contribution in [0.5, 0.6) is 0 Å². The molecule has 13 heteroatoms. The molecule has 0 atom stereocenters. The van der Waals surface area contributed by atoms with E-state index in [9.17, 15) is 26.7 Å². The first kappa shape index (κ1) is 24.8. The van der Waals surface area contributed by atoms with Crippen LogP contribution in [0, 0.1) is 5.92 Å². The third-order valence-corrected chi connectivity index (χ3v) is 8.64. The smallest absolute Gasteiger partial charge is 0.390 e. The molecular formula is C23H27F3N6O3S. The van der Waals surface area contributed by atoms with Crippen LogP contribution >= 0.6 is 0 Å². The maximum absolute atomic E-state index is 13.3. The molecule has 194 valence electrons. The minimum absolute atomic E-state index is 0.0274. The number of rotatable bonds is 6. The minimum Gasteiger partial charge on any atom is -0.390 e. The van der Waals surface area contributed by atoms with Crippen LogP contribution in [0.4, 0.5) is 24.9 Å². The molecule has 1 aliphatic carbocycles. The quantitative estimate of drug-likeness (QED) is 0.506. The molecule has 1 aromatic carbocycles. The van der Waals surface area contributed by atoms with E-state index in [2.05, 4.69) is 20.4 Å². The second-order valence-corrected chi connectivity index (χ2v) is 12.6. The number of anilines is 2. The van der Waals surface area contributed by atoms with Gasteiger partial charge in [0.1, 0.15) is 15.7 Å². The van der Waals surface area contributed by atoms with Crippen molar-refractivity contribution in [3.8, 4) is 5.69 Å². The molecule has 2 aliphatic rings. The number of nitrogens with one attached hydrogen (secondary N) is 1. The highest BCUT2D eigenvalue weighted by atomic mass is 32.2. The van der Waals surface area contributed by atoms with Gasteiger partial charge in [0.15, 0.2) is 5.65 Å². The lowest BCUT2D eigenvalue weighted by Gasteiger charge is -2.46. The molecule has 2 aromatic heterocycles. The number of hydrogen-bond acceptors (Lipinski definition) is 8. The molecule has 1 saturated heterocycles. The molecular weight excluding hydrogens is 497 g/mol. The van der Waals surface area contributed by atoms with Gasteiger partial charge in [0.05, 0.1) is 33.7 Å². The van der Waals surface area contributed by atoms with Crippen molar-refractivity contribution in [1.29, 1.82) is 0 Å². The molecule has 36 heavy (non-hydrogen) atoms. The lowest BCUT2D eigenvalue weighted by atomic mass is 9.84. The van der Waals surface area contributed by atoms with Crippen molar-refractivity contribution >= 4 is 32.6 Å². The topological polar surface area (TPSA) is 113 Å². The summed E-state index contributed by atoms with van der Waals surface area (Å²) >= 11 is 0. The van der Waals surface area contributed by atoms with Crippen LogP contribution < -0.4 is 10.2 Å². The van der Waals surface area contributed by atoms with Crippen molar-refractivity contribution in [2.24, 2.45) is 5.92 Å². The third-order valence-electron chi connectivity index (χ3n) is 7.04. The molecule has 3 heterocycles. The van der Waals surface area contributed by atoms with Crippen LogP contribution in [-0.4, -0.2) is 69.5 Å². The molecule has 0 spiro atoms. The van der Waals surface area contributed by atoms with Crippen molar-refractivity contribution in [2.45, 2.75) is 49.8 Å². The maximum Gasteiger partial charge on any atom is 0.416 e. The van der Waals surface area contributed by atoms with Crippen molar-refractivity contribution in [2.75, 3.05) is 29.6 Å². The summed E-state index contributed by atoms with van der Waals surface area (Å²) in [7, 11) is -3.13. The number of halogens is 3. The summed E-state index contributed by atoms with van der Waals surface area (Å²) in [6.07, 6.45) is -0.921. The van der Waals surface area contributed by atoms with Gasteiger partial charge in [-0.3, -0.25) is 0 Å². The average molecular weight is 525 g/mol. The van der Waals surface area contributed by atoms with Gasteiger partial charge in [0, 0.05) is 31.3 Å². The van der Waals surface area contributed by atoms with E-state index in [0.29, 0.717) is 42.8 Å². The van der Waals surface area contributed by atoms with Gasteiger partial charge in [-0.05, 0) is 44.9 Å². The molecule has 0 bridgehead atoms. The van der Waals surface area contributed by atoms with Gasteiger partial charge in [-0.15, -0.1) is 0 Å². The Morgan fingerprint density at radius 2 is 1.83 bits per heavy atom. The predicted octanol–water partition coefficient (Wildman–Crippen LogP) is 3.03. The van der Waals surface area contributed by atoms with Gasteiger partial charge in [-0.2, -0.15) is 28.2 Å². The molecule has 5 rings (SSSR count). The first-order chi connectivity index (χ1) is 16.7. The highest BCUT2D eigenvalue weighted by molar-refractivity contribution is 7.91. The van der Waals surface area contributed by atoms with Crippen LogP contribution in [0.3, 0.4) is 0 Å². The van der Waals surface area contributed by atoms with Crippen molar-refractivity contribution in [1.82, 2.24) is 19.7 Å². The largest absolute Gasteiger partial charge is 0.416 e. The Kier molecular flexibility index (Phi) is 5.71. The Balaban J connectivity index is 1.52. The summed E-state index contributed by atoms with van der Waals surface area (Å²) in [5.74, 6) is 0.828. The molecule has 0 radical (unpaired) electrons. The van der Waals surface area contributed by atoms with Crippen LogP contribution in [-0.2, 0) is 16.0 Å². The molecule has 2 fully saturated rings. The first-order valence-electron chi connectivity index (χ1n) is 11.6. The second-order valence-electron chi connectivity index (χ2n) is 10.2. The summed E-state index contributed by atoms with van der Waals surface area (Å²) < 4.78 is 64.8. The highest BCUT2D eigenvalue weighted by Gasteiger charge is 2.40. The molecule has 9 nitrogen and oxygen atoms in total. The van der Waals surface area contributed by atoms with E-state index >= 15 is 0 Å². The number of sulfone groups is 1. The van der Waals surface area contributed by atoms with Gasteiger partial charge >= 0.3 is 6.18 Å². The summed E-state index contributed by atoms with van der Waals surface area (Å²) in [5.41, 5.74) is -1.13. The van der Waals surface area contributed by atoms with Gasteiger partial charge in [0.25, 0.3) is 0 Å². The fourth-order valence-electron chi connectivity index (χ4n) is 4.52. The first-order valence-corrected chi connectivity index (χ1v) is 13.5.